The molecule has 0 unspecified atom stereocenters. The number of nitrogens with one attached hydrogen (secondary N) is 1. The fraction of sp³-hybridized carbons (Fsp3) is 0.188. The van der Waals surface area contributed by atoms with E-state index < -0.39 is 0 Å². The van der Waals surface area contributed by atoms with Crippen LogP contribution in [0.15, 0.2) is 34.8 Å². The second kappa shape index (κ2) is 5.97. The zero-order valence-electron chi connectivity index (χ0n) is 11.1. The van der Waals surface area contributed by atoms with Crippen molar-refractivity contribution >= 4 is 33.2 Å². The minimum absolute atomic E-state index is 0.537. The Kier molecular flexibility index (Phi) is 4.05. The molecule has 0 saturated carbocycles. The van der Waals surface area contributed by atoms with Crippen molar-refractivity contribution in [1.82, 2.24) is 0 Å². The van der Waals surface area contributed by atoms with E-state index in [9.17, 15) is 0 Å². The molecule has 2 aromatic rings. The summed E-state index contributed by atoms with van der Waals surface area (Å²) >= 11 is 9.43. The Balaban J connectivity index is 1.85. The van der Waals surface area contributed by atoms with Gasteiger partial charge in [-0.1, -0.05) is 27.5 Å². The van der Waals surface area contributed by atoms with E-state index in [4.69, 9.17) is 21.6 Å². The zero-order valence-corrected chi connectivity index (χ0v) is 13.5. The molecule has 2 aromatic carbocycles. The molecule has 3 nitrogen and oxygen atoms in total. The molecule has 0 aromatic heterocycles. The Labute approximate surface area is 136 Å². The Hall–Kier alpha value is -1.70. The lowest BCUT2D eigenvalue weighted by atomic mass is 10.1. The highest BCUT2D eigenvalue weighted by Crippen LogP contribution is 2.33. The third kappa shape index (κ3) is 2.99. The van der Waals surface area contributed by atoms with Crippen LogP contribution in [0.4, 0.5) is 5.69 Å². The third-order valence-electron chi connectivity index (χ3n) is 3.40. The van der Waals surface area contributed by atoms with Crippen LogP contribution in [0.1, 0.15) is 16.7 Å². The summed E-state index contributed by atoms with van der Waals surface area (Å²) in [6, 6.07) is 11.5. The van der Waals surface area contributed by atoms with Gasteiger partial charge in [0.1, 0.15) is 11.8 Å². The number of anilines is 1. The molecule has 0 amide bonds. The van der Waals surface area contributed by atoms with Gasteiger partial charge in [0.2, 0.25) is 0 Å². The molecule has 21 heavy (non-hydrogen) atoms. The number of nitrogens with zero attached hydrogens (tertiary/aromatic N) is 1. The van der Waals surface area contributed by atoms with Crippen molar-refractivity contribution < 1.29 is 4.74 Å². The smallest absolute Gasteiger partial charge is 0.127 e. The summed E-state index contributed by atoms with van der Waals surface area (Å²) in [5.74, 6) is 0.957. The van der Waals surface area contributed by atoms with E-state index in [2.05, 4.69) is 33.4 Å². The molecule has 1 heterocycles. The van der Waals surface area contributed by atoms with Crippen molar-refractivity contribution in [2.24, 2.45) is 0 Å². The molecule has 1 aliphatic rings. The molecule has 0 saturated heterocycles. The van der Waals surface area contributed by atoms with Gasteiger partial charge in [0, 0.05) is 28.0 Å². The van der Waals surface area contributed by atoms with E-state index in [-0.39, 0.29) is 0 Å². The number of halogens is 2. The monoisotopic (exact) mass is 362 g/mol. The van der Waals surface area contributed by atoms with Crippen LogP contribution in [0.5, 0.6) is 5.75 Å². The van der Waals surface area contributed by atoms with Crippen LogP contribution in [-0.2, 0) is 13.0 Å². The Morgan fingerprint density at radius 2 is 2.19 bits per heavy atom. The predicted octanol–water partition coefficient (Wildman–Crippen LogP) is 4.52. The molecule has 0 spiro atoms. The zero-order chi connectivity index (χ0) is 14.8. The van der Waals surface area contributed by atoms with Gasteiger partial charge < -0.3 is 10.1 Å². The molecule has 1 N–H and O–H groups in total. The van der Waals surface area contributed by atoms with Crippen molar-refractivity contribution in [2.75, 3.05) is 11.9 Å². The average Bonchev–Trinajstić information content (AvgIpc) is 2.93. The summed E-state index contributed by atoms with van der Waals surface area (Å²) in [6.45, 7) is 1.32. The van der Waals surface area contributed by atoms with E-state index in [0.29, 0.717) is 17.1 Å². The number of hydrogen-bond donors (Lipinski definition) is 1. The van der Waals surface area contributed by atoms with Crippen LogP contribution in [0.2, 0.25) is 5.02 Å². The first-order valence-corrected chi connectivity index (χ1v) is 7.72. The number of nitriles is 1. The van der Waals surface area contributed by atoms with Crippen LogP contribution in [-0.4, -0.2) is 6.61 Å². The Morgan fingerprint density at radius 1 is 1.33 bits per heavy atom. The fourth-order valence-corrected chi connectivity index (χ4v) is 3.16. The molecule has 0 radical (unpaired) electrons. The lowest BCUT2D eigenvalue weighted by molar-refractivity contribution is 0.354. The van der Waals surface area contributed by atoms with Gasteiger partial charge in [-0.05, 0) is 35.9 Å². The fourth-order valence-electron chi connectivity index (χ4n) is 2.43. The van der Waals surface area contributed by atoms with E-state index in [1.54, 1.807) is 12.1 Å². The van der Waals surface area contributed by atoms with Gasteiger partial charge in [-0.25, -0.2) is 0 Å². The molecule has 0 fully saturated rings. The summed E-state index contributed by atoms with van der Waals surface area (Å²) in [4.78, 5) is 0. The summed E-state index contributed by atoms with van der Waals surface area (Å²) in [6.07, 6.45) is 0.937. The molecule has 1 aliphatic heterocycles. The van der Waals surface area contributed by atoms with Crippen molar-refractivity contribution in [3.05, 3.63) is 56.5 Å². The number of rotatable bonds is 3. The van der Waals surface area contributed by atoms with Gasteiger partial charge >= 0.3 is 0 Å². The molecule has 3 rings (SSSR count). The Bertz CT molecular complexity index is 740. The van der Waals surface area contributed by atoms with Crippen LogP contribution in [0, 0.1) is 11.3 Å². The van der Waals surface area contributed by atoms with Crippen LogP contribution in [0.3, 0.4) is 0 Å². The van der Waals surface area contributed by atoms with Gasteiger partial charge in [-0.3, -0.25) is 0 Å². The van der Waals surface area contributed by atoms with E-state index in [1.807, 2.05) is 12.1 Å². The van der Waals surface area contributed by atoms with Crippen molar-refractivity contribution in [2.45, 2.75) is 13.0 Å². The molecule has 0 aliphatic carbocycles. The first-order chi connectivity index (χ1) is 10.2. The highest BCUT2D eigenvalue weighted by atomic mass is 79.9. The summed E-state index contributed by atoms with van der Waals surface area (Å²) < 4.78 is 6.74. The number of benzene rings is 2. The van der Waals surface area contributed by atoms with Gasteiger partial charge in [0.05, 0.1) is 17.9 Å². The molecule has 106 valence electrons. The normalized spacial score (nSPS) is 12.4. The number of fused-ring (bicyclic) bond motifs is 1. The van der Waals surface area contributed by atoms with Gasteiger partial charge in [0.25, 0.3) is 0 Å². The summed E-state index contributed by atoms with van der Waals surface area (Å²) in [5.41, 5.74) is 3.61. The quantitative estimate of drug-likeness (QED) is 0.872. The minimum atomic E-state index is 0.537. The summed E-state index contributed by atoms with van der Waals surface area (Å²) in [7, 11) is 0. The van der Waals surface area contributed by atoms with Crippen LogP contribution >= 0.6 is 27.5 Å². The minimum Gasteiger partial charge on any atom is -0.493 e. The maximum atomic E-state index is 9.16. The first kappa shape index (κ1) is 14.2. The molecular formula is C16H12BrClN2O. The highest BCUT2D eigenvalue weighted by Gasteiger charge is 2.17. The second-order valence-electron chi connectivity index (χ2n) is 4.81. The third-order valence-corrected chi connectivity index (χ3v) is 4.09. The van der Waals surface area contributed by atoms with Crippen LogP contribution < -0.4 is 10.1 Å². The number of ether oxygens (including phenoxy) is 1. The van der Waals surface area contributed by atoms with Gasteiger partial charge in [-0.2, -0.15) is 5.26 Å². The van der Waals surface area contributed by atoms with Gasteiger partial charge in [0.15, 0.2) is 0 Å². The van der Waals surface area contributed by atoms with E-state index >= 15 is 0 Å². The molecule has 5 heteroatoms. The second-order valence-corrected chi connectivity index (χ2v) is 6.16. The van der Waals surface area contributed by atoms with Crippen molar-refractivity contribution in [3.8, 4) is 11.8 Å². The van der Waals surface area contributed by atoms with E-state index in [0.717, 1.165) is 34.5 Å². The van der Waals surface area contributed by atoms with Gasteiger partial charge in [-0.15, -0.1) is 0 Å². The molecular weight excluding hydrogens is 352 g/mol. The maximum absolute atomic E-state index is 9.16. The molecule has 0 atom stereocenters. The summed E-state index contributed by atoms with van der Waals surface area (Å²) in [5, 5.41) is 13.0. The average molecular weight is 364 g/mol. The maximum Gasteiger partial charge on any atom is 0.127 e. The Morgan fingerprint density at radius 3 is 3.00 bits per heavy atom. The lowest BCUT2D eigenvalue weighted by Gasteiger charge is -2.12. The SMILES string of the molecule is N#Cc1cc(Cl)ccc1NCc1cc(Br)cc2c1OCC2. The van der Waals surface area contributed by atoms with E-state index in [1.165, 1.54) is 5.56 Å². The predicted molar refractivity (Wildman–Crippen MR) is 86.8 cm³/mol. The highest BCUT2D eigenvalue weighted by molar-refractivity contribution is 9.10. The largest absolute Gasteiger partial charge is 0.493 e. The van der Waals surface area contributed by atoms with Crippen LogP contribution in [0.25, 0.3) is 0 Å². The van der Waals surface area contributed by atoms with Crippen molar-refractivity contribution in [3.63, 3.8) is 0 Å². The standard InChI is InChI=1S/C16H12BrClN2O/c17-13-5-10-3-4-21-16(10)12(6-13)9-20-15-2-1-14(18)7-11(15)8-19/h1-2,5-7,20H,3-4,9H2. The molecule has 0 bridgehead atoms. The first-order valence-electron chi connectivity index (χ1n) is 6.55. The lowest BCUT2D eigenvalue weighted by Crippen LogP contribution is -2.03. The number of hydrogen-bond acceptors (Lipinski definition) is 3. The van der Waals surface area contributed by atoms with Crippen molar-refractivity contribution in [1.29, 1.82) is 5.26 Å². The topological polar surface area (TPSA) is 45.0 Å².